The average molecular weight is 428 g/mol. The highest BCUT2D eigenvalue weighted by atomic mass is 32.2. The number of amides is 3. The Labute approximate surface area is 178 Å². The van der Waals surface area contributed by atoms with Crippen molar-refractivity contribution >= 4 is 29.5 Å². The first-order valence-corrected chi connectivity index (χ1v) is 12.0. The molecule has 0 saturated carbocycles. The monoisotopic (exact) mass is 427 g/mol. The second kappa shape index (κ2) is 13.8. The van der Waals surface area contributed by atoms with E-state index in [1.165, 1.54) is 19.1 Å². The second-order valence-electron chi connectivity index (χ2n) is 7.83. The van der Waals surface area contributed by atoms with E-state index < -0.39 is 0 Å². The lowest BCUT2D eigenvalue weighted by atomic mass is 10.0. The number of unbranched alkanes of at least 4 members (excludes halogenated alkanes) is 3. The number of rotatable bonds is 14. The van der Waals surface area contributed by atoms with Gasteiger partial charge in [-0.05, 0) is 25.7 Å². The first kappa shape index (κ1) is 24.0. The molecule has 3 atom stereocenters. The van der Waals surface area contributed by atoms with Crippen LogP contribution in [0.25, 0.3) is 0 Å². The summed E-state index contributed by atoms with van der Waals surface area (Å²) in [7, 11) is 0. The maximum Gasteiger partial charge on any atom is 0.220 e. The van der Waals surface area contributed by atoms with Gasteiger partial charge >= 0.3 is 0 Å². The summed E-state index contributed by atoms with van der Waals surface area (Å²) in [6.45, 7) is 3.99. The topological polar surface area (TPSA) is 111 Å². The van der Waals surface area contributed by atoms with Crippen molar-refractivity contribution in [3.05, 3.63) is 0 Å². The number of carbonyl (C=O) groups is 3. The molecule has 0 bridgehead atoms. The smallest absolute Gasteiger partial charge is 0.220 e. The van der Waals surface area contributed by atoms with Crippen molar-refractivity contribution < 1.29 is 14.4 Å². The summed E-state index contributed by atoms with van der Waals surface area (Å²) in [5.74, 6) is 1.25. The van der Waals surface area contributed by atoms with Crippen LogP contribution in [-0.2, 0) is 14.4 Å². The van der Waals surface area contributed by atoms with E-state index >= 15 is 0 Å². The highest BCUT2D eigenvalue weighted by Gasteiger charge is 2.38. The minimum atomic E-state index is -0.0915. The maximum absolute atomic E-state index is 11.9. The van der Waals surface area contributed by atoms with Crippen molar-refractivity contribution in [1.82, 2.24) is 26.6 Å². The highest BCUT2D eigenvalue weighted by molar-refractivity contribution is 8.00. The summed E-state index contributed by atoms with van der Waals surface area (Å²) in [6.07, 6.45) is 6.95. The molecule has 5 N–H and O–H groups in total. The summed E-state index contributed by atoms with van der Waals surface area (Å²) in [6, 6.07) is 1.23. The SMILES string of the molecule is CC(=O)NCCNC(=O)CCCCCNC(=O)CCCC[C@@H]1SC[C@@H]2NCN[C@@H]21. The number of nitrogens with one attached hydrogen (secondary N) is 5. The lowest BCUT2D eigenvalue weighted by Gasteiger charge is -2.17. The number of thioether (sulfide) groups is 1. The van der Waals surface area contributed by atoms with Crippen LogP contribution in [0.2, 0.25) is 0 Å². The first-order valence-electron chi connectivity index (χ1n) is 10.9. The molecule has 0 aromatic carbocycles. The van der Waals surface area contributed by atoms with E-state index in [0.717, 1.165) is 38.8 Å². The Bertz CT molecular complexity index is 534. The maximum atomic E-state index is 11.9. The Kier molecular flexibility index (Phi) is 11.4. The Morgan fingerprint density at radius 3 is 2.31 bits per heavy atom. The van der Waals surface area contributed by atoms with E-state index in [4.69, 9.17) is 0 Å². The van der Waals surface area contributed by atoms with Crippen molar-refractivity contribution in [1.29, 1.82) is 0 Å². The highest BCUT2D eigenvalue weighted by Crippen LogP contribution is 2.32. The molecule has 29 heavy (non-hydrogen) atoms. The molecule has 0 aromatic rings. The van der Waals surface area contributed by atoms with Gasteiger partial charge in [0.1, 0.15) is 0 Å². The van der Waals surface area contributed by atoms with Crippen molar-refractivity contribution in [2.75, 3.05) is 32.1 Å². The number of hydrogen-bond acceptors (Lipinski definition) is 6. The molecule has 0 unspecified atom stereocenters. The minimum absolute atomic E-state index is 0.00900. The van der Waals surface area contributed by atoms with Gasteiger partial charge in [-0.25, -0.2) is 0 Å². The third-order valence-corrected chi connectivity index (χ3v) is 6.90. The van der Waals surface area contributed by atoms with Crippen LogP contribution < -0.4 is 26.6 Å². The molecule has 2 saturated heterocycles. The van der Waals surface area contributed by atoms with Crippen LogP contribution in [-0.4, -0.2) is 67.1 Å². The third kappa shape index (κ3) is 9.82. The van der Waals surface area contributed by atoms with E-state index in [0.29, 0.717) is 49.8 Å². The molecule has 0 aromatic heterocycles. The third-order valence-electron chi connectivity index (χ3n) is 5.39. The van der Waals surface area contributed by atoms with Crippen LogP contribution in [0.15, 0.2) is 0 Å². The second-order valence-corrected chi connectivity index (χ2v) is 9.10. The largest absolute Gasteiger partial charge is 0.356 e. The zero-order chi connectivity index (χ0) is 20.9. The van der Waals surface area contributed by atoms with Crippen molar-refractivity contribution in [3.8, 4) is 0 Å². The summed E-state index contributed by atoms with van der Waals surface area (Å²) in [4.78, 5) is 34.3. The van der Waals surface area contributed by atoms with Crippen molar-refractivity contribution in [2.24, 2.45) is 0 Å². The van der Waals surface area contributed by atoms with E-state index in [9.17, 15) is 14.4 Å². The molecule has 3 amide bonds. The summed E-state index contributed by atoms with van der Waals surface area (Å²) in [5.41, 5.74) is 0. The van der Waals surface area contributed by atoms with E-state index in [-0.39, 0.29) is 17.7 Å². The van der Waals surface area contributed by atoms with Crippen LogP contribution in [0, 0.1) is 0 Å². The van der Waals surface area contributed by atoms with Crippen molar-refractivity contribution in [3.63, 3.8) is 0 Å². The predicted molar refractivity (Wildman–Crippen MR) is 117 cm³/mol. The number of fused-ring (bicyclic) bond motifs is 1. The first-order chi connectivity index (χ1) is 14.1. The molecule has 2 rings (SSSR count). The molecule has 0 radical (unpaired) electrons. The van der Waals surface area contributed by atoms with Crippen LogP contribution in [0.5, 0.6) is 0 Å². The van der Waals surface area contributed by atoms with Gasteiger partial charge in [-0.1, -0.05) is 12.8 Å². The van der Waals surface area contributed by atoms with Gasteiger partial charge in [0.15, 0.2) is 0 Å². The van der Waals surface area contributed by atoms with Crippen molar-refractivity contribution in [2.45, 2.75) is 75.6 Å². The number of hydrogen-bond donors (Lipinski definition) is 5. The zero-order valence-corrected chi connectivity index (χ0v) is 18.4. The van der Waals surface area contributed by atoms with Gasteiger partial charge in [0, 0.05) is 69.2 Å². The lowest BCUT2D eigenvalue weighted by molar-refractivity contribution is -0.122. The van der Waals surface area contributed by atoms with Gasteiger partial charge in [-0.3, -0.25) is 25.0 Å². The predicted octanol–water partition coefficient (Wildman–Crippen LogP) is 0.479. The summed E-state index contributed by atoms with van der Waals surface area (Å²) >= 11 is 2.05. The fourth-order valence-electron chi connectivity index (χ4n) is 3.79. The Hall–Kier alpha value is -1.32. The normalized spacial score (nSPS) is 22.9. The van der Waals surface area contributed by atoms with E-state index in [2.05, 4.69) is 38.3 Å². The summed E-state index contributed by atoms with van der Waals surface area (Å²) < 4.78 is 0. The van der Waals surface area contributed by atoms with E-state index in [1.807, 2.05) is 0 Å². The molecule has 2 fully saturated rings. The zero-order valence-electron chi connectivity index (χ0n) is 17.6. The van der Waals surface area contributed by atoms with Gasteiger partial charge in [0.25, 0.3) is 0 Å². The van der Waals surface area contributed by atoms with Crippen LogP contribution in [0.1, 0.15) is 58.3 Å². The van der Waals surface area contributed by atoms with E-state index in [1.54, 1.807) is 0 Å². The van der Waals surface area contributed by atoms with Gasteiger partial charge in [0.2, 0.25) is 17.7 Å². The molecule has 166 valence electrons. The quantitative estimate of drug-likeness (QED) is 0.258. The van der Waals surface area contributed by atoms with Gasteiger partial charge in [0.05, 0.1) is 0 Å². The van der Waals surface area contributed by atoms with Crippen LogP contribution >= 0.6 is 11.8 Å². The molecule has 0 aliphatic carbocycles. The Morgan fingerprint density at radius 2 is 1.55 bits per heavy atom. The Balaban J connectivity index is 1.36. The molecule has 2 aliphatic heterocycles. The molecule has 8 nitrogen and oxygen atoms in total. The van der Waals surface area contributed by atoms with Crippen LogP contribution in [0.3, 0.4) is 0 Å². The molecule has 2 heterocycles. The van der Waals surface area contributed by atoms with Gasteiger partial charge in [-0.2, -0.15) is 11.8 Å². The standard InChI is InChI=1S/C20H37N5O3S/c1-15(26)21-11-12-23-19(28)8-3-2-6-10-22-18(27)9-5-4-7-17-20-16(13-29-17)24-14-25-20/h16-17,20,24-25H,2-14H2,1H3,(H,21,26)(H,22,27)(H,23,28)/t16-,17-,20-/m0/s1. The summed E-state index contributed by atoms with van der Waals surface area (Å²) in [5, 5.41) is 16.1. The lowest BCUT2D eigenvalue weighted by Crippen LogP contribution is -2.36. The van der Waals surface area contributed by atoms with Gasteiger partial charge in [-0.15, -0.1) is 0 Å². The molecular weight excluding hydrogens is 390 g/mol. The minimum Gasteiger partial charge on any atom is -0.356 e. The molecule has 0 spiro atoms. The average Bonchev–Trinajstić information content (AvgIpc) is 3.29. The molecule has 2 aliphatic rings. The fraction of sp³-hybridized carbons (Fsp3) is 0.850. The number of carbonyl (C=O) groups excluding carboxylic acids is 3. The van der Waals surface area contributed by atoms with Crippen LogP contribution in [0.4, 0.5) is 0 Å². The molecule has 9 heteroatoms. The Morgan fingerprint density at radius 1 is 0.862 bits per heavy atom. The fourth-order valence-corrected chi connectivity index (χ4v) is 5.39. The van der Waals surface area contributed by atoms with Gasteiger partial charge < -0.3 is 16.0 Å². The molecular formula is C20H37N5O3S.